The van der Waals surface area contributed by atoms with Crippen LogP contribution in [0.3, 0.4) is 0 Å². The van der Waals surface area contributed by atoms with E-state index >= 15 is 0 Å². The number of nitrogens with zero attached hydrogens (tertiary/aromatic N) is 1. The standard InChI is InChI=1S/C21H26ClNO3S/c1-3-5-11-21(4-2)14-23(16-9-7-6-8-10-16)18-12-17(22)19(24)13-20(18)27(25,26)15-21/h6-10,12-13,24H,3-5,11,14-15H2,1-2H3. The molecule has 2 aromatic rings. The van der Waals surface area contributed by atoms with Crippen molar-refractivity contribution in [3.8, 4) is 5.75 Å². The molecule has 0 aromatic heterocycles. The van der Waals surface area contributed by atoms with Crippen LogP contribution in [0.4, 0.5) is 11.4 Å². The number of sulfone groups is 1. The minimum atomic E-state index is -3.57. The van der Waals surface area contributed by atoms with Gasteiger partial charge in [-0.25, -0.2) is 8.42 Å². The first-order valence-corrected chi connectivity index (χ1v) is 11.4. The van der Waals surface area contributed by atoms with Crippen LogP contribution in [0.1, 0.15) is 39.5 Å². The van der Waals surface area contributed by atoms with Gasteiger partial charge in [0.15, 0.2) is 9.84 Å². The predicted octanol–water partition coefficient (Wildman–Crippen LogP) is 5.56. The molecule has 1 aliphatic heterocycles. The van der Waals surface area contributed by atoms with Gasteiger partial charge >= 0.3 is 0 Å². The summed E-state index contributed by atoms with van der Waals surface area (Å²) in [5, 5.41) is 10.2. The van der Waals surface area contributed by atoms with Crippen LogP contribution in [0.25, 0.3) is 0 Å². The quantitative estimate of drug-likeness (QED) is 0.705. The molecular formula is C21H26ClNO3S. The Bertz CT molecular complexity index is 915. The third kappa shape index (κ3) is 3.94. The molecule has 1 unspecified atom stereocenters. The molecule has 1 atom stereocenters. The van der Waals surface area contributed by atoms with Crippen LogP contribution in [0, 0.1) is 5.41 Å². The molecule has 2 aromatic carbocycles. The summed E-state index contributed by atoms with van der Waals surface area (Å²) in [6, 6.07) is 12.6. The van der Waals surface area contributed by atoms with E-state index < -0.39 is 9.84 Å². The first-order chi connectivity index (χ1) is 12.8. The van der Waals surface area contributed by atoms with Crippen LogP contribution in [0.2, 0.25) is 5.02 Å². The summed E-state index contributed by atoms with van der Waals surface area (Å²) < 4.78 is 26.6. The molecular weight excluding hydrogens is 382 g/mol. The topological polar surface area (TPSA) is 57.6 Å². The van der Waals surface area contributed by atoms with Crippen molar-refractivity contribution in [1.29, 1.82) is 0 Å². The molecule has 146 valence electrons. The number of anilines is 2. The second kappa shape index (κ2) is 7.72. The lowest BCUT2D eigenvalue weighted by molar-refractivity contribution is 0.290. The molecule has 6 heteroatoms. The zero-order chi connectivity index (χ0) is 19.7. The zero-order valence-electron chi connectivity index (χ0n) is 15.8. The number of halogens is 1. The molecule has 27 heavy (non-hydrogen) atoms. The third-order valence-electron chi connectivity index (χ3n) is 5.52. The molecule has 0 saturated heterocycles. The van der Waals surface area contributed by atoms with Crippen molar-refractivity contribution in [3.05, 3.63) is 47.5 Å². The Morgan fingerprint density at radius 2 is 1.89 bits per heavy atom. The molecule has 1 N–H and O–H groups in total. The Balaban J connectivity index is 2.24. The number of para-hydroxylation sites is 1. The Morgan fingerprint density at radius 1 is 1.19 bits per heavy atom. The minimum absolute atomic E-state index is 0.0773. The van der Waals surface area contributed by atoms with Crippen LogP contribution < -0.4 is 4.90 Å². The highest BCUT2D eigenvalue weighted by Gasteiger charge is 2.41. The van der Waals surface area contributed by atoms with Gasteiger partial charge in [0.05, 0.1) is 21.4 Å². The van der Waals surface area contributed by atoms with Crippen molar-refractivity contribution in [2.75, 3.05) is 17.2 Å². The fourth-order valence-electron chi connectivity index (χ4n) is 3.87. The highest BCUT2D eigenvalue weighted by Crippen LogP contribution is 2.46. The van der Waals surface area contributed by atoms with Gasteiger partial charge in [0.2, 0.25) is 0 Å². The molecule has 3 rings (SSSR count). The van der Waals surface area contributed by atoms with Gasteiger partial charge in [-0.2, -0.15) is 0 Å². The predicted molar refractivity (Wildman–Crippen MR) is 111 cm³/mol. The third-order valence-corrected chi connectivity index (χ3v) is 7.81. The number of hydrogen-bond donors (Lipinski definition) is 1. The number of benzene rings is 2. The SMILES string of the molecule is CCCCC1(CC)CN(c2ccccc2)c2cc(Cl)c(O)cc2S(=O)(=O)C1. The molecule has 1 aliphatic rings. The van der Waals surface area contributed by atoms with E-state index in [4.69, 9.17) is 11.6 Å². The fraction of sp³-hybridized carbons (Fsp3) is 0.429. The highest BCUT2D eigenvalue weighted by atomic mass is 35.5. The van der Waals surface area contributed by atoms with Crippen LogP contribution in [0.5, 0.6) is 5.75 Å². The Hall–Kier alpha value is -1.72. The van der Waals surface area contributed by atoms with E-state index in [0.717, 1.165) is 31.4 Å². The van der Waals surface area contributed by atoms with Crippen molar-refractivity contribution in [3.63, 3.8) is 0 Å². The second-order valence-electron chi connectivity index (χ2n) is 7.41. The summed E-state index contributed by atoms with van der Waals surface area (Å²) in [4.78, 5) is 2.20. The average Bonchev–Trinajstić information content (AvgIpc) is 2.75. The van der Waals surface area contributed by atoms with Crippen molar-refractivity contribution in [2.24, 2.45) is 5.41 Å². The normalized spacial score (nSPS) is 21.5. The van der Waals surface area contributed by atoms with Crippen molar-refractivity contribution in [1.82, 2.24) is 0 Å². The first-order valence-electron chi connectivity index (χ1n) is 9.40. The number of phenols is 1. The van der Waals surface area contributed by atoms with Gasteiger partial charge in [0.25, 0.3) is 0 Å². The molecule has 0 amide bonds. The van der Waals surface area contributed by atoms with E-state index in [2.05, 4.69) is 13.8 Å². The smallest absolute Gasteiger partial charge is 0.181 e. The van der Waals surface area contributed by atoms with E-state index in [0.29, 0.717) is 12.2 Å². The molecule has 4 nitrogen and oxygen atoms in total. The maximum absolute atomic E-state index is 13.3. The minimum Gasteiger partial charge on any atom is -0.506 e. The van der Waals surface area contributed by atoms with E-state index in [1.165, 1.54) is 6.07 Å². The van der Waals surface area contributed by atoms with Crippen LogP contribution >= 0.6 is 11.6 Å². The van der Waals surface area contributed by atoms with Gasteiger partial charge in [-0.15, -0.1) is 0 Å². The monoisotopic (exact) mass is 407 g/mol. The fourth-order valence-corrected chi connectivity index (χ4v) is 6.21. The zero-order valence-corrected chi connectivity index (χ0v) is 17.4. The van der Waals surface area contributed by atoms with E-state index in [-0.39, 0.29) is 26.8 Å². The van der Waals surface area contributed by atoms with Gasteiger partial charge < -0.3 is 10.0 Å². The summed E-state index contributed by atoms with van der Waals surface area (Å²) >= 11 is 6.16. The maximum Gasteiger partial charge on any atom is 0.181 e. The van der Waals surface area contributed by atoms with Crippen LogP contribution in [-0.4, -0.2) is 25.8 Å². The van der Waals surface area contributed by atoms with Crippen molar-refractivity contribution < 1.29 is 13.5 Å². The lowest BCUT2D eigenvalue weighted by Crippen LogP contribution is -2.37. The summed E-state index contributed by atoms with van der Waals surface area (Å²) in [7, 11) is -3.57. The Labute approximate surface area is 166 Å². The average molecular weight is 408 g/mol. The summed E-state index contributed by atoms with van der Waals surface area (Å²) in [6.45, 7) is 4.78. The van der Waals surface area contributed by atoms with Gasteiger partial charge in [0.1, 0.15) is 5.75 Å². The second-order valence-corrected chi connectivity index (χ2v) is 9.77. The molecule has 0 fully saturated rings. The van der Waals surface area contributed by atoms with Gasteiger partial charge in [0, 0.05) is 23.7 Å². The van der Waals surface area contributed by atoms with E-state index in [1.54, 1.807) is 6.07 Å². The Morgan fingerprint density at radius 3 is 2.52 bits per heavy atom. The summed E-state index contributed by atoms with van der Waals surface area (Å²) in [6.07, 6.45) is 3.61. The number of rotatable bonds is 5. The van der Waals surface area contributed by atoms with Gasteiger partial charge in [-0.05, 0) is 31.0 Å². The molecule has 0 spiro atoms. The van der Waals surface area contributed by atoms with E-state index in [1.807, 2.05) is 35.2 Å². The molecule has 0 bridgehead atoms. The van der Waals surface area contributed by atoms with Crippen molar-refractivity contribution in [2.45, 2.75) is 44.4 Å². The van der Waals surface area contributed by atoms with Gasteiger partial charge in [-0.3, -0.25) is 0 Å². The summed E-state index contributed by atoms with van der Waals surface area (Å²) in [5.74, 6) is -0.127. The van der Waals surface area contributed by atoms with Crippen LogP contribution in [0.15, 0.2) is 47.4 Å². The number of aromatic hydroxyl groups is 1. The Kier molecular flexibility index (Phi) is 5.73. The first kappa shape index (κ1) is 20.0. The summed E-state index contributed by atoms with van der Waals surface area (Å²) in [5.41, 5.74) is 1.11. The number of fused-ring (bicyclic) bond motifs is 1. The lowest BCUT2D eigenvalue weighted by atomic mass is 9.81. The molecule has 0 saturated carbocycles. The molecule has 1 heterocycles. The highest BCUT2D eigenvalue weighted by molar-refractivity contribution is 7.91. The molecule has 0 radical (unpaired) electrons. The largest absolute Gasteiger partial charge is 0.506 e. The van der Waals surface area contributed by atoms with E-state index in [9.17, 15) is 13.5 Å². The number of unbranched alkanes of at least 4 members (excludes halogenated alkanes) is 1. The van der Waals surface area contributed by atoms with Crippen LogP contribution in [-0.2, 0) is 9.84 Å². The van der Waals surface area contributed by atoms with Crippen molar-refractivity contribution >= 4 is 32.8 Å². The maximum atomic E-state index is 13.3. The molecule has 0 aliphatic carbocycles. The number of hydrogen-bond acceptors (Lipinski definition) is 4. The lowest BCUT2D eigenvalue weighted by Gasteiger charge is -2.36. The van der Waals surface area contributed by atoms with Gasteiger partial charge in [-0.1, -0.05) is 56.5 Å². The number of phenolic OH excluding ortho intramolecular Hbond substituents is 1.